The lowest BCUT2D eigenvalue weighted by Crippen LogP contribution is -2.49. The summed E-state index contributed by atoms with van der Waals surface area (Å²) in [5, 5.41) is 0. The fraction of sp³-hybridized carbons (Fsp3) is 0.600. The Kier molecular flexibility index (Phi) is 5.39. The van der Waals surface area contributed by atoms with E-state index in [1.54, 1.807) is 0 Å². The summed E-state index contributed by atoms with van der Waals surface area (Å²) in [5.74, 6) is -16.7. The minimum Gasteiger partial charge on any atom is -0.393 e. The van der Waals surface area contributed by atoms with Crippen molar-refractivity contribution in [2.45, 2.75) is 32.6 Å². The van der Waals surface area contributed by atoms with Crippen molar-refractivity contribution in [1.82, 2.24) is 0 Å². The molecule has 0 aromatic carbocycles. The van der Waals surface area contributed by atoms with Gasteiger partial charge >= 0.3 is 47.8 Å². The molecule has 7 atom stereocenters. The zero-order valence-corrected chi connectivity index (χ0v) is 16.8. The maximum atomic E-state index is 12.7. The third-order valence-electron chi connectivity index (χ3n) is 6.55. The Morgan fingerprint density at radius 3 is 1.53 bits per heavy atom. The van der Waals surface area contributed by atoms with E-state index < -0.39 is 89.2 Å². The van der Waals surface area contributed by atoms with E-state index in [0.717, 1.165) is 6.92 Å². The van der Waals surface area contributed by atoms with E-state index in [9.17, 15) is 38.4 Å². The maximum Gasteiger partial charge on any atom is 0.317 e. The number of carbonyl (C=O) groups is 8. The molecule has 4 aliphatic rings. The lowest BCUT2D eigenvalue weighted by atomic mass is 9.72. The first kappa shape index (κ1) is 21.8. The van der Waals surface area contributed by atoms with Crippen molar-refractivity contribution < 1.29 is 57.3 Å². The van der Waals surface area contributed by atoms with E-state index in [1.807, 2.05) is 0 Å². The first-order valence-corrected chi connectivity index (χ1v) is 10.1. The molecule has 0 aromatic heterocycles. The first-order valence-electron chi connectivity index (χ1n) is 10.1. The smallest absolute Gasteiger partial charge is 0.317 e. The highest BCUT2D eigenvalue weighted by Crippen LogP contribution is 2.45. The lowest BCUT2D eigenvalue weighted by molar-refractivity contribution is -0.189. The summed E-state index contributed by atoms with van der Waals surface area (Å²) in [6, 6.07) is 0. The van der Waals surface area contributed by atoms with Gasteiger partial charge in [-0.1, -0.05) is 0 Å². The standard InChI is InChI=1S/C20H18O12/c1-6(21)29-15(23)8-2-7-3-9(16(24)30-14(7)22)11-5-13(20(28)32-18(11)26)12-4-10(8)17(25)31-19(12)27/h7-13H,2-5H2,1H3. The third kappa shape index (κ3) is 3.69. The van der Waals surface area contributed by atoms with Gasteiger partial charge in [0.15, 0.2) is 0 Å². The number of rotatable bonds is 1. The van der Waals surface area contributed by atoms with Gasteiger partial charge in [-0.3, -0.25) is 38.4 Å². The van der Waals surface area contributed by atoms with Gasteiger partial charge in [-0.15, -0.1) is 0 Å². The van der Waals surface area contributed by atoms with Crippen LogP contribution in [0.1, 0.15) is 32.6 Å². The summed E-state index contributed by atoms with van der Waals surface area (Å²) >= 11 is 0. The van der Waals surface area contributed by atoms with Crippen molar-refractivity contribution >= 4 is 47.8 Å². The predicted octanol–water partition coefficient (Wildman–Crippen LogP) is -0.786. The molecule has 170 valence electrons. The van der Waals surface area contributed by atoms with Crippen molar-refractivity contribution in [2.75, 3.05) is 0 Å². The van der Waals surface area contributed by atoms with E-state index in [-0.39, 0.29) is 25.7 Å². The SMILES string of the molecule is CC(=O)OC(=O)C1CC2CC(C(=O)OC2=O)C2CC(C(=O)OC2=O)C2CC1C(=O)OC2=O. The van der Waals surface area contributed by atoms with Crippen LogP contribution in [0, 0.1) is 41.4 Å². The number of cyclic esters (lactones) is 6. The Morgan fingerprint density at radius 1 is 0.625 bits per heavy atom. The third-order valence-corrected chi connectivity index (χ3v) is 6.55. The zero-order chi connectivity index (χ0) is 23.3. The summed E-state index contributed by atoms with van der Waals surface area (Å²) < 4.78 is 19.0. The normalized spacial score (nSPS) is 36.8. The number of hydrogen-bond acceptors (Lipinski definition) is 12. The van der Waals surface area contributed by atoms with Crippen molar-refractivity contribution in [3.05, 3.63) is 0 Å². The van der Waals surface area contributed by atoms with Gasteiger partial charge in [-0.2, -0.15) is 0 Å². The highest BCUT2D eigenvalue weighted by Gasteiger charge is 2.56. The molecule has 0 spiro atoms. The van der Waals surface area contributed by atoms with Crippen LogP contribution in [0.3, 0.4) is 0 Å². The van der Waals surface area contributed by atoms with Crippen LogP contribution < -0.4 is 0 Å². The molecule has 1 saturated carbocycles. The van der Waals surface area contributed by atoms with Crippen molar-refractivity contribution in [3.8, 4) is 0 Å². The Hall–Kier alpha value is -3.44. The van der Waals surface area contributed by atoms with Crippen LogP contribution >= 0.6 is 0 Å². The summed E-state index contributed by atoms with van der Waals surface area (Å²) in [7, 11) is 0. The molecule has 12 nitrogen and oxygen atoms in total. The quantitative estimate of drug-likeness (QED) is 0.277. The van der Waals surface area contributed by atoms with Crippen LogP contribution in [-0.4, -0.2) is 47.8 Å². The highest BCUT2D eigenvalue weighted by molar-refractivity contribution is 6.00. The van der Waals surface area contributed by atoms with Crippen LogP contribution in [0.15, 0.2) is 0 Å². The molecule has 0 N–H and O–H groups in total. The second-order valence-electron chi connectivity index (χ2n) is 8.41. The van der Waals surface area contributed by atoms with Crippen LogP contribution in [-0.2, 0) is 57.3 Å². The van der Waals surface area contributed by atoms with E-state index in [2.05, 4.69) is 4.74 Å². The average Bonchev–Trinajstić information content (AvgIpc) is 2.70. The molecule has 3 heterocycles. The molecule has 3 aliphatic heterocycles. The molecule has 3 saturated heterocycles. The van der Waals surface area contributed by atoms with Gasteiger partial charge in [-0.05, 0) is 25.7 Å². The Labute approximate surface area is 179 Å². The number of fused-ring (bicyclic) bond motifs is 8. The molecular formula is C20H18O12. The molecule has 0 aromatic rings. The van der Waals surface area contributed by atoms with Crippen LogP contribution in [0.2, 0.25) is 0 Å². The minimum atomic E-state index is -1.39. The van der Waals surface area contributed by atoms with Crippen molar-refractivity contribution in [3.63, 3.8) is 0 Å². The van der Waals surface area contributed by atoms with Gasteiger partial charge in [0.2, 0.25) is 0 Å². The molecule has 1 aliphatic carbocycles. The van der Waals surface area contributed by atoms with Crippen LogP contribution in [0.25, 0.3) is 0 Å². The second-order valence-corrected chi connectivity index (χ2v) is 8.41. The van der Waals surface area contributed by atoms with Crippen molar-refractivity contribution in [1.29, 1.82) is 0 Å². The van der Waals surface area contributed by atoms with Gasteiger partial charge < -0.3 is 18.9 Å². The number of esters is 8. The number of carbonyl (C=O) groups excluding carboxylic acids is 8. The average molecular weight is 450 g/mol. The lowest BCUT2D eigenvalue weighted by Gasteiger charge is -2.36. The monoisotopic (exact) mass is 450 g/mol. The van der Waals surface area contributed by atoms with E-state index in [1.165, 1.54) is 0 Å². The van der Waals surface area contributed by atoms with Gasteiger partial charge in [0.1, 0.15) is 0 Å². The largest absolute Gasteiger partial charge is 0.393 e. The predicted molar refractivity (Wildman–Crippen MR) is 93.0 cm³/mol. The summed E-state index contributed by atoms with van der Waals surface area (Å²) in [6.45, 7) is 0.975. The topological polar surface area (TPSA) is 173 Å². The van der Waals surface area contributed by atoms with Crippen molar-refractivity contribution in [2.24, 2.45) is 41.4 Å². The maximum absolute atomic E-state index is 12.7. The van der Waals surface area contributed by atoms with E-state index in [4.69, 9.17) is 14.2 Å². The molecule has 4 rings (SSSR count). The second kappa shape index (κ2) is 7.92. The molecule has 4 fully saturated rings. The van der Waals surface area contributed by atoms with E-state index >= 15 is 0 Å². The fourth-order valence-electron chi connectivity index (χ4n) is 4.97. The molecule has 32 heavy (non-hydrogen) atoms. The minimum absolute atomic E-state index is 0.206. The molecule has 12 heteroatoms. The Balaban J connectivity index is 1.80. The molecule has 6 bridgehead atoms. The summed E-state index contributed by atoms with van der Waals surface area (Å²) in [5.41, 5.74) is 0. The van der Waals surface area contributed by atoms with Crippen LogP contribution in [0.5, 0.6) is 0 Å². The molecule has 0 amide bonds. The Bertz CT molecular complexity index is 964. The Morgan fingerprint density at radius 2 is 1.03 bits per heavy atom. The van der Waals surface area contributed by atoms with Gasteiger partial charge in [0.25, 0.3) is 0 Å². The number of ether oxygens (including phenoxy) is 4. The van der Waals surface area contributed by atoms with E-state index in [0.29, 0.717) is 0 Å². The summed E-state index contributed by atoms with van der Waals surface area (Å²) in [6.07, 6.45) is -1.13. The number of hydrogen-bond donors (Lipinski definition) is 0. The molecular weight excluding hydrogens is 432 g/mol. The summed E-state index contributed by atoms with van der Waals surface area (Å²) in [4.78, 5) is 98.5. The first-order chi connectivity index (χ1) is 15.1. The highest BCUT2D eigenvalue weighted by atomic mass is 16.6. The van der Waals surface area contributed by atoms with Gasteiger partial charge in [0.05, 0.1) is 41.4 Å². The molecule has 0 radical (unpaired) electrons. The molecule has 7 unspecified atom stereocenters. The fourth-order valence-corrected chi connectivity index (χ4v) is 4.97. The van der Waals surface area contributed by atoms with Crippen LogP contribution in [0.4, 0.5) is 0 Å². The van der Waals surface area contributed by atoms with Gasteiger partial charge in [0, 0.05) is 6.92 Å². The van der Waals surface area contributed by atoms with Gasteiger partial charge in [-0.25, -0.2) is 0 Å². The zero-order valence-electron chi connectivity index (χ0n) is 16.8.